The lowest BCUT2D eigenvalue weighted by Crippen LogP contribution is -2.21. The Morgan fingerprint density at radius 3 is 2.27 bits per heavy atom. The second kappa shape index (κ2) is 4.06. The van der Waals surface area contributed by atoms with Gasteiger partial charge in [0.1, 0.15) is 0 Å². The fourth-order valence-electron chi connectivity index (χ4n) is 0.354. The van der Waals surface area contributed by atoms with Gasteiger partial charge >= 0.3 is 14.6 Å². The molecule has 0 rings (SSSR count). The third-order valence-corrected chi connectivity index (χ3v) is 1.10. The molecule has 0 heterocycles. The molecule has 0 saturated heterocycles. The summed E-state index contributed by atoms with van der Waals surface area (Å²) in [5, 5.41) is 0. The summed E-state index contributed by atoms with van der Waals surface area (Å²) < 4.78 is 50.6. The van der Waals surface area contributed by atoms with E-state index in [4.69, 9.17) is 4.89 Å². The van der Waals surface area contributed by atoms with Crippen LogP contribution in [0.1, 0.15) is 6.92 Å². The lowest BCUT2D eigenvalue weighted by molar-refractivity contribution is -0.363. The highest BCUT2D eigenvalue weighted by Gasteiger charge is 2.32. The van der Waals surface area contributed by atoms with E-state index in [9.17, 15) is 17.7 Å². The Morgan fingerprint density at radius 1 is 1.55 bits per heavy atom. The molecule has 0 amide bonds. The van der Waals surface area contributed by atoms with Gasteiger partial charge in [0.05, 0.1) is 0 Å². The highest BCUT2D eigenvalue weighted by Crippen LogP contribution is 2.24. The zero-order chi connectivity index (χ0) is 9.07. The monoisotopic (exact) mass is 194 g/mol. The average Bonchev–Trinajstić information content (AvgIpc) is 1.53. The van der Waals surface area contributed by atoms with Gasteiger partial charge in [-0.3, -0.25) is 13.8 Å². The molecule has 0 aromatic heterocycles. The molecule has 2 unspecified atom stereocenters. The van der Waals surface area contributed by atoms with Crippen molar-refractivity contribution < 1.29 is 31.9 Å². The van der Waals surface area contributed by atoms with Gasteiger partial charge in [-0.05, 0) is 6.92 Å². The smallest absolute Gasteiger partial charge is 0.326 e. The fourth-order valence-corrected chi connectivity index (χ4v) is 0.686. The van der Waals surface area contributed by atoms with E-state index in [2.05, 4.69) is 9.26 Å². The molecule has 0 radical (unpaired) electrons. The molecule has 0 bridgehead atoms. The minimum Gasteiger partial charge on any atom is -0.326 e. The highest BCUT2D eigenvalue weighted by atomic mass is 31.1. The summed E-state index contributed by atoms with van der Waals surface area (Å²) in [6.07, 6.45) is -6.61. The van der Waals surface area contributed by atoms with Crippen LogP contribution in [0.15, 0.2) is 0 Å². The van der Waals surface area contributed by atoms with Crippen LogP contribution < -0.4 is 0 Å². The summed E-state index contributed by atoms with van der Waals surface area (Å²) in [5.41, 5.74) is 0. The van der Waals surface area contributed by atoms with Crippen LogP contribution in [0.5, 0.6) is 0 Å². The molecule has 0 aliphatic rings. The van der Waals surface area contributed by atoms with Crippen molar-refractivity contribution in [3.8, 4) is 0 Å². The molecule has 8 heteroatoms. The van der Waals surface area contributed by atoms with Crippen molar-refractivity contribution in [3.63, 3.8) is 0 Å². The summed E-state index contributed by atoms with van der Waals surface area (Å²) in [4.78, 5) is 8.00. The molecule has 0 aromatic carbocycles. The molecule has 11 heavy (non-hydrogen) atoms. The molecule has 68 valence electrons. The normalized spacial score (nSPS) is 17.9. The molecule has 2 atom stereocenters. The number of hydrogen-bond acceptors (Lipinski definition) is 3. The quantitative estimate of drug-likeness (QED) is 0.542. The van der Waals surface area contributed by atoms with Crippen LogP contribution in [0.25, 0.3) is 0 Å². The highest BCUT2D eigenvalue weighted by molar-refractivity contribution is 7.32. The van der Waals surface area contributed by atoms with Crippen LogP contribution >= 0.6 is 8.25 Å². The summed E-state index contributed by atoms with van der Waals surface area (Å²) in [6.45, 7) is 0.867. The first kappa shape index (κ1) is 10.9. The zero-order valence-electron chi connectivity index (χ0n) is 5.38. The van der Waals surface area contributed by atoms with Crippen LogP contribution in [0.4, 0.5) is 13.2 Å². The summed E-state index contributed by atoms with van der Waals surface area (Å²) >= 11 is 0. The predicted molar refractivity (Wildman–Crippen MR) is 28.9 cm³/mol. The van der Waals surface area contributed by atoms with E-state index in [0.717, 1.165) is 6.92 Å². The lowest BCUT2D eigenvalue weighted by atomic mass is 10.8. The number of halogens is 3. The molecular weight excluding hydrogens is 188 g/mol. The summed E-state index contributed by atoms with van der Waals surface area (Å²) in [5.74, 6) is 0. The van der Waals surface area contributed by atoms with Gasteiger partial charge in [0.25, 0.3) is 0 Å². The van der Waals surface area contributed by atoms with Gasteiger partial charge in [0, 0.05) is 0 Å². The van der Waals surface area contributed by atoms with Crippen LogP contribution in [0.2, 0.25) is 0 Å². The Hall–Kier alpha value is -0.100. The van der Waals surface area contributed by atoms with Gasteiger partial charge in [-0.25, -0.2) is 0 Å². The molecule has 0 aliphatic carbocycles. The van der Waals surface area contributed by atoms with Crippen molar-refractivity contribution in [1.82, 2.24) is 0 Å². The van der Waals surface area contributed by atoms with Gasteiger partial charge in [-0.15, -0.1) is 13.2 Å². The van der Waals surface area contributed by atoms with Gasteiger partial charge in [0.2, 0.25) is 0 Å². The van der Waals surface area contributed by atoms with Crippen molar-refractivity contribution in [3.05, 3.63) is 0 Å². The third kappa shape index (κ3) is 7.80. The minimum atomic E-state index is -4.85. The lowest BCUT2D eigenvalue weighted by Gasteiger charge is -2.13. The minimum absolute atomic E-state index is 0.867. The molecule has 0 aromatic rings. The number of rotatable bonds is 3. The number of ether oxygens (including phenoxy) is 1. The SMILES string of the molecule is CC(O[PH](=O)O)OC(F)(F)F. The second-order valence-electron chi connectivity index (χ2n) is 1.51. The van der Waals surface area contributed by atoms with Crippen molar-refractivity contribution in [1.29, 1.82) is 0 Å². The molecule has 0 fully saturated rings. The largest absolute Gasteiger partial charge is 0.524 e. The molecule has 0 saturated carbocycles. The van der Waals surface area contributed by atoms with Crippen LogP contribution in [-0.2, 0) is 13.8 Å². The van der Waals surface area contributed by atoms with Gasteiger partial charge in [-0.1, -0.05) is 0 Å². The topological polar surface area (TPSA) is 55.8 Å². The van der Waals surface area contributed by atoms with Crippen molar-refractivity contribution in [2.75, 3.05) is 0 Å². The molecule has 4 nitrogen and oxygen atoms in total. The van der Waals surface area contributed by atoms with Crippen LogP contribution in [0.3, 0.4) is 0 Å². The Bertz CT molecular complexity index is 146. The maximum Gasteiger partial charge on any atom is 0.524 e. The van der Waals surface area contributed by atoms with Crippen molar-refractivity contribution in [2.45, 2.75) is 19.6 Å². The third-order valence-electron chi connectivity index (χ3n) is 0.566. The first-order chi connectivity index (χ1) is 4.81. The van der Waals surface area contributed by atoms with E-state index in [-0.39, 0.29) is 0 Å². The van der Waals surface area contributed by atoms with Crippen molar-refractivity contribution >= 4 is 8.25 Å². The Morgan fingerprint density at radius 2 is 2.00 bits per heavy atom. The van der Waals surface area contributed by atoms with Gasteiger partial charge < -0.3 is 4.89 Å². The van der Waals surface area contributed by atoms with E-state index in [1.54, 1.807) is 0 Å². The van der Waals surface area contributed by atoms with Crippen LogP contribution in [0, 0.1) is 0 Å². The summed E-state index contributed by atoms with van der Waals surface area (Å²) in [7, 11) is -3.38. The Labute approximate surface area is 60.9 Å². The van der Waals surface area contributed by atoms with E-state index in [1.165, 1.54) is 0 Å². The fraction of sp³-hybridized carbons (Fsp3) is 1.00. The average molecular weight is 194 g/mol. The first-order valence-corrected chi connectivity index (χ1v) is 3.72. The second-order valence-corrected chi connectivity index (χ2v) is 2.28. The van der Waals surface area contributed by atoms with Crippen LogP contribution in [-0.4, -0.2) is 17.5 Å². The van der Waals surface area contributed by atoms with Crippen molar-refractivity contribution in [2.24, 2.45) is 0 Å². The number of hydrogen-bond donors (Lipinski definition) is 1. The maximum absolute atomic E-state index is 11.3. The van der Waals surface area contributed by atoms with Gasteiger partial charge in [-0.2, -0.15) is 0 Å². The first-order valence-electron chi connectivity index (χ1n) is 2.45. The van der Waals surface area contributed by atoms with E-state index >= 15 is 0 Å². The molecule has 0 spiro atoms. The van der Waals surface area contributed by atoms with E-state index < -0.39 is 20.9 Å². The Kier molecular flexibility index (Phi) is 4.02. The zero-order valence-corrected chi connectivity index (χ0v) is 6.38. The van der Waals surface area contributed by atoms with Gasteiger partial charge in [0.15, 0.2) is 6.29 Å². The van der Waals surface area contributed by atoms with E-state index in [0.29, 0.717) is 0 Å². The predicted octanol–water partition coefficient (Wildman–Crippen LogP) is 1.27. The standard InChI is InChI=1S/C3H6F3O4P/c1-2(10-11(7)8)9-3(4,5)6/h2,11H,1H3,(H,7,8). The number of alkyl halides is 3. The summed E-state index contributed by atoms with van der Waals surface area (Å²) in [6, 6.07) is 0. The molecular formula is C3H6F3O4P. The molecule has 0 aliphatic heterocycles. The Balaban J connectivity index is 3.69. The molecule has 1 N–H and O–H groups in total. The van der Waals surface area contributed by atoms with E-state index in [1.807, 2.05) is 0 Å². The maximum atomic E-state index is 11.3.